The fourth-order valence-electron chi connectivity index (χ4n) is 1.38. The number of halogens is 2. The number of hydrogen-bond donors (Lipinski definition) is 0. The van der Waals surface area contributed by atoms with Crippen LogP contribution in [-0.4, -0.2) is 23.4 Å². The van der Waals surface area contributed by atoms with Crippen LogP contribution in [0.25, 0.3) is 0 Å². The van der Waals surface area contributed by atoms with Gasteiger partial charge in [-0.1, -0.05) is 15.9 Å². The van der Waals surface area contributed by atoms with Crippen LogP contribution in [0.15, 0.2) is 22.7 Å². The molecule has 0 heterocycles. The van der Waals surface area contributed by atoms with Gasteiger partial charge in [-0.25, -0.2) is 4.39 Å². The second-order valence-electron chi connectivity index (χ2n) is 3.81. The van der Waals surface area contributed by atoms with Crippen molar-refractivity contribution in [3.05, 3.63) is 34.1 Å². The molecule has 5 heteroatoms. The van der Waals surface area contributed by atoms with Crippen molar-refractivity contribution in [1.29, 1.82) is 5.26 Å². The van der Waals surface area contributed by atoms with E-state index in [4.69, 9.17) is 5.26 Å². The molecular weight excluding hydrogens is 287 g/mol. The van der Waals surface area contributed by atoms with E-state index in [0.29, 0.717) is 4.47 Å². The highest BCUT2D eigenvalue weighted by molar-refractivity contribution is 9.10. The predicted octanol–water partition coefficient (Wildman–Crippen LogP) is 2.96. The van der Waals surface area contributed by atoms with E-state index in [1.807, 2.05) is 6.07 Å². The molecular formula is C12H12BrFN2O. The van der Waals surface area contributed by atoms with Crippen LogP contribution in [0.5, 0.6) is 0 Å². The minimum Gasteiger partial charge on any atom is -0.323 e. The quantitative estimate of drug-likeness (QED) is 0.805. The molecule has 0 radical (unpaired) electrons. The fraction of sp³-hybridized carbons (Fsp3) is 0.333. The van der Waals surface area contributed by atoms with Crippen LogP contribution in [0.2, 0.25) is 0 Å². The van der Waals surface area contributed by atoms with Crippen LogP contribution in [0.3, 0.4) is 0 Å². The van der Waals surface area contributed by atoms with Crippen molar-refractivity contribution in [1.82, 2.24) is 4.90 Å². The fourth-order valence-corrected chi connectivity index (χ4v) is 1.74. The highest BCUT2D eigenvalue weighted by Gasteiger charge is 2.21. The summed E-state index contributed by atoms with van der Waals surface area (Å²) in [6.45, 7) is 3.51. The highest BCUT2D eigenvalue weighted by Crippen LogP contribution is 2.18. The molecule has 1 aromatic carbocycles. The minimum absolute atomic E-state index is 0.0247. The molecule has 0 aliphatic rings. The van der Waals surface area contributed by atoms with Gasteiger partial charge in [-0.2, -0.15) is 5.26 Å². The van der Waals surface area contributed by atoms with E-state index in [9.17, 15) is 9.18 Å². The maximum atomic E-state index is 13.5. The van der Waals surface area contributed by atoms with Gasteiger partial charge in [0.05, 0.1) is 11.6 Å². The Hall–Kier alpha value is -1.41. The van der Waals surface area contributed by atoms with E-state index < -0.39 is 11.7 Å². The molecule has 0 spiro atoms. The molecule has 3 nitrogen and oxygen atoms in total. The van der Waals surface area contributed by atoms with Crippen molar-refractivity contribution >= 4 is 21.8 Å². The van der Waals surface area contributed by atoms with E-state index in [0.717, 1.165) is 0 Å². The maximum absolute atomic E-state index is 13.5. The summed E-state index contributed by atoms with van der Waals surface area (Å²) in [7, 11) is 0. The Bertz CT molecular complexity index is 468. The first-order chi connectivity index (χ1) is 7.97. The van der Waals surface area contributed by atoms with Gasteiger partial charge in [0.15, 0.2) is 0 Å². The normalized spacial score (nSPS) is 10.1. The number of carbonyl (C=O) groups excluding carboxylic acids is 1. The zero-order valence-electron chi connectivity index (χ0n) is 9.58. The van der Waals surface area contributed by atoms with Crippen molar-refractivity contribution in [2.75, 3.05) is 6.54 Å². The third-order valence-electron chi connectivity index (χ3n) is 2.28. The summed E-state index contributed by atoms with van der Waals surface area (Å²) in [4.78, 5) is 13.4. The molecule has 0 aliphatic carbocycles. The average Bonchev–Trinajstić information content (AvgIpc) is 2.28. The Morgan fingerprint density at radius 3 is 2.76 bits per heavy atom. The number of carbonyl (C=O) groups is 1. The molecule has 1 amide bonds. The molecule has 17 heavy (non-hydrogen) atoms. The molecule has 0 N–H and O–H groups in total. The maximum Gasteiger partial charge on any atom is 0.257 e. The van der Waals surface area contributed by atoms with Crippen LogP contribution >= 0.6 is 15.9 Å². The lowest BCUT2D eigenvalue weighted by molar-refractivity contribution is 0.0726. The monoisotopic (exact) mass is 298 g/mol. The van der Waals surface area contributed by atoms with E-state index in [1.165, 1.54) is 23.1 Å². The molecule has 0 atom stereocenters. The molecule has 0 saturated carbocycles. The van der Waals surface area contributed by atoms with Crippen molar-refractivity contribution in [2.24, 2.45) is 0 Å². The number of amides is 1. The van der Waals surface area contributed by atoms with Gasteiger partial charge in [0, 0.05) is 10.5 Å². The molecule has 0 fully saturated rings. The van der Waals surface area contributed by atoms with Crippen molar-refractivity contribution < 1.29 is 9.18 Å². The minimum atomic E-state index is -0.582. The standard InChI is InChI=1S/C12H12BrFN2O/c1-8(2)16(6-5-15)12(17)10-7-9(13)3-4-11(10)14/h3-4,7-8H,6H2,1-2H3. The van der Waals surface area contributed by atoms with Crippen molar-refractivity contribution in [2.45, 2.75) is 19.9 Å². The number of hydrogen-bond acceptors (Lipinski definition) is 2. The number of nitriles is 1. The Balaban J connectivity index is 3.10. The largest absolute Gasteiger partial charge is 0.323 e. The predicted molar refractivity (Wildman–Crippen MR) is 65.9 cm³/mol. The Morgan fingerprint density at radius 2 is 2.24 bits per heavy atom. The van der Waals surface area contributed by atoms with Crippen LogP contribution < -0.4 is 0 Å². The summed E-state index contributed by atoms with van der Waals surface area (Å²) in [5.74, 6) is -1.05. The third-order valence-corrected chi connectivity index (χ3v) is 2.78. The Kier molecular flexibility index (Phi) is 4.64. The first kappa shape index (κ1) is 13.7. The molecule has 0 bridgehead atoms. The van der Waals surface area contributed by atoms with Gasteiger partial charge >= 0.3 is 0 Å². The van der Waals surface area contributed by atoms with Crippen molar-refractivity contribution in [3.63, 3.8) is 0 Å². The number of nitrogens with zero attached hydrogens (tertiary/aromatic N) is 2. The molecule has 0 unspecified atom stereocenters. The first-order valence-electron chi connectivity index (χ1n) is 5.10. The summed E-state index contributed by atoms with van der Waals surface area (Å²) in [5, 5.41) is 8.66. The van der Waals surface area contributed by atoms with Crippen LogP contribution in [0.4, 0.5) is 4.39 Å². The molecule has 1 aromatic rings. The van der Waals surface area contributed by atoms with Gasteiger partial charge in [-0.15, -0.1) is 0 Å². The van der Waals surface area contributed by atoms with Gasteiger partial charge in [-0.3, -0.25) is 4.79 Å². The van der Waals surface area contributed by atoms with Gasteiger partial charge in [0.25, 0.3) is 5.91 Å². The summed E-state index contributed by atoms with van der Waals surface area (Å²) in [5.41, 5.74) is -0.0247. The molecule has 0 saturated heterocycles. The zero-order chi connectivity index (χ0) is 13.0. The van der Waals surface area contributed by atoms with Gasteiger partial charge < -0.3 is 4.90 Å². The van der Waals surface area contributed by atoms with Gasteiger partial charge in [-0.05, 0) is 32.0 Å². The smallest absolute Gasteiger partial charge is 0.257 e. The summed E-state index contributed by atoms with van der Waals surface area (Å²) < 4.78 is 14.2. The van der Waals surface area contributed by atoms with Gasteiger partial charge in [0.1, 0.15) is 12.4 Å². The summed E-state index contributed by atoms with van der Waals surface area (Å²) in [6, 6.07) is 5.92. The van der Waals surface area contributed by atoms with E-state index in [-0.39, 0.29) is 18.2 Å². The second-order valence-corrected chi connectivity index (χ2v) is 4.72. The third kappa shape index (κ3) is 3.27. The lowest BCUT2D eigenvalue weighted by Crippen LogP contribution is -2.37. The van der Waals surface area contributed by atoms with Gasteiger partial charge in [0.2, 0.25) is 0 Å². The highest BCUT2D eigenvalue weighted by atomic mass is 79.9. The number of benzene rings is 1. The van der Waals surface area contributed by atoms with E-state index >= 15 is 0 Å². The molecule has 90 valence electrons. The number of rotatable bonds is 3. The molecule has 0 aromatic heterocycles. The van der Waals surface area contributed by atoms with Crippen molar-refractivity contribution in [3.8, 4) is 6.07 Å². The first-order valence-corrected chi connectivity index (χ1v) is 5.89. The Morgan fingerprint density at radius 1 is 1.59 bits per heavy atom. The zero-order valence-corrected chi connectivity index (χ0v) is 11.2. The lowest BCUT2D eigenvalue weighted by Gasteiger charge is -2.24. The Labute approximate surface area is 108 Å². The van der Waals surface area contributed by atoms with Crippen LogP contribution in [-0.2, 0) is 0 Å². The lowest BCUT2D eigenvalue weighted by atomic mass is 10.1. The molecule has 1 rings (SSSR count). The second kappa shape index (κ2) is 5.78. The van der Waals surface area contributed by atoms with E-state index in [2.05, 4.69) is 15.9 Å². The van der Waals surface area contributed by atoms with Crippen LogP contribution in [0, 0.1) is 17.1 Å². The summed E-state index contributed by atoms with van der Waals surface area (Å²) in [6.07, 6.45) is 0. The summed E-state index contributed by atoms with van der Waals surface area (Å²) >= 11 is 3.19. The van der Waals surface area contributed by atoms with Crippen LogP contribution in [0.1, 0.15) is 24.2 Å². The van der Waals surface area contributed by atoms with E-state index in [1.54, 1.807) is 13.8 Å². The topological polar surface area (TPSA) is 44.1 Å². The average molecular weight is 299 g/mol. The SMILES string of the molecule is CC(C)N(CC#N)C(=O)c1cc(Br)ccc1F. The molecule has 0 aliphatic heterocycles.